The first kappa shape index (κ1) is 24.0. The predicted octanol–water partition coefficient (Wildman–Crippen LogP) is 2.52. The number of nitrogens with zero attached hydrogens (tertiary/aromatic N) is 1. The van der Waals surface area contributed by atoms with Gasteiger partial charge in [0, 0.05) is 17.4 Å². The average molecular weight is 453 g/mol. The van der Waals surface area contributed by atoms with Crippen LogP contribution in [-0.2, 0) is 14.6 Å². The molecule has 166 valence electrons. The second kappa shape index (κ2) is 8.85. The van der Waals surface area contributed by atoms with Gasteiger partial charge in [-0.3, -0.25) is 10.1 Å². The number of rotatable bonds is 9. The lowest BCUT2D eigenvalue weighted by Gasteiger charge is -2.28. The Morgan fingerprint density at radius 2 is 1.93 bits per heavy atom. The molecule has 0 aliphatic heterocycles. The van der Waals surface area contributed by atoms with Crippen LogP contribution in [0, 0.1) is 23.0 Å². The van der Waals surface area contributed by atoms with Gasteiger partial charge in [-0.2, -0.15) is 18.4 Å². The van der Waals surface area contributed by atoms with Crippen molar-refractivity contribution in [1.29, 1.82) is 5.26 Å². The lowest BCUT2D eigenvalue weighted by molar-refractivity contribution is -0.161. The maximum Gasteiger partial charge on any atom is 0.408 e. The van der Waals surface area contributed by atoms with Crippen LogP contribution < -0.4 is 10.6 Å². The molecule has 12 heteroatoms. The number of carbonyl (C=O) groups excluding carboxylic acids is 1. The number of carbonyl (C=O) groups is 1. The minimum atomic E-state index is -5.13. The van der Waals surface area contributed by atoms with E-state index in [2.05, 4.69) is 5.32 Å². The van der Waals surface area contributed by atoms with Crippen molar-refractivity contribution >= 4 is 15.7 Å². The van der Waals surface area contributed by atoms with Crippen molar-refractivity contribution in [1.82, 2.24) is 10.6 Å². The van der Waals surface area contributed by atoms with Gasteiger partial charge >= 0.3 is 6.18 Å². The van der Waals surface area contributed by atoms with Crippen LogP contribution in [0.2, 0.25) is 0 Å². The predicted molar refractivity (Wildman–Crippen MR) is 96.7 cm³/mol. The van der Waals surface area contributed by atoms with E-state index in [1.54, 1.807) is 6.92 Å². The summed E-state index contributed by atoms with van der Waals surface area (Å²) in [4.78, 5) is 12.6. The lowest BCUT2D eigenvalue weighted by Crippen LogP contribution is -2.54. The third-order valence-electron chi connectivity index (χ3n) is 4.55. The summed E-state index contributed by atoms with van der Waals surface area (Å²) < 4.78 is 92.5. The molecule has 2 rings (SSSR count). The number of hydrogen-bond acceptors (Lipinski definition) is 5. The summed E-state index contributed by atoms with van der Waals surface area (Å²) in [5.41, 5.74) is -2.24. The van der Waals surface area contributed by atoms with Crippen molar-refractivity contribution in [3.05, 3.63) is 35.4 Å². The van der Waals surface area contributed by atoms with E-state index < -0.39 is 62.5 Å². The van der Waals surface area contributed by atoms with Gasteiger partial charge < -0.3 is 5.32 Å². The number of nitriles is 1. The molecule has 1 amide bonds. The molecule has 0 unspecified atom stereocenters. The van der Waals surface area contributed by atoms with Crippen LogP contribution in [0.1, 0.15) is 37.8 Å². The van der Waals surface area contributed by atoms with Crippen molar-refractivity contribution in [2.24, 2.45) is 0 Å². The summed E-state index contributed by atoms with van der Waals surface area (Å²) >= 11 is 0. The molecule has 0 saturated heterocycles. The molecular formula is C18H20F5N3O3S. The van der Waals surface area contributed by atoms with Gasteiger partial charge in [-0.15, -0.1) is 0 Å². The Morgan fingerprint density at radius 1 is 1.30 bits per heavy atom. The van der Waals surface area contributed by atoms with E-state index >= 15 is 0 Å². The highest BCUT2D eigenvalue weighted by Crippen LogP contribution is 2.36. The van der Waals surface area contributed by atoms with Gasteiger partial charge in [0.05, 0.1) is 11.8 Å². The van der Waals surface area contributed by atoms with E-state index in [0.717, 1.165) is 0 Å². The third-order valence-corrected chi connectivity index (χ3v) is 6.42. The molecule has 0 radical (unpaired) electrons. The average Bonchev–Trinajstić information content (AvgIpc) is 3.38. The first-order chi connectivity index (χ1) is 13.8. The summed E-state index contributed by atoms with van der Waals surface area (Å²) in [6.45, 7) is 1.54. The largest absolute Gasteiger partial charge is 0.408 e. The van der Waals surface area contributed by atoms with Gasteiger partial charge in [-0.05, 0) is 25.3 Å². The Bertz CT molecular complexity index is 939. The summed E-state index contributed by atoms with van der Waals surface area (Å²) in [7, 11) is -3.94. The molecule has 1 aliphatic rings. The molecule has 30 heavy (non-hydrogen) atoms. The molecule has 1 aromatic rings. The Morgan fingerprint density at radius 3 is 2.40 bits per heavy atom. The van der Waals surface area contributed by atoms with Crippen LogP contribution in [0.3, 0.4) is 0 Å². The van der Waals surface area contributed by atoms with Crippen molar-refractivity contribution in [2.75, 3.05) is 11.5 Å². The molecule has 0 heterocycles. The molecule has 0 bridgehead atoms. The third kappa shape index (κ3) is 6.12. The molecule has 2 N–H and O–H groups in total. The molecule has 0 aromatic heterocycles. The van der Waals surface area contributed by atoms with Crippen molar-refractivity contribution in [2.45, 2.75) is 50.0 Å². The van der Waals surface area contributed by atoms with E-state index in [-0.39, 0.29) is 31.1 Å². The van der Waals surface area contributed by atoms with Crippen molar-refractivity contribution in [3.63, 3.8) is 0 Å². The quantitative estimate of drug-likeness (QED) is 0.560. The summed E-state index contributed by atoms with van der Waals surface area (Å²) in [5.74, 6) is -5.07. The molecule has 6 nitrogen and oxygen atoms in total. The van der Waals surface area contributed by atoms with Crippen molar-refractivity contribution in [3.8, 4) is 6.07 Å². The topological polar surface area (TPSA) is 99.1 Å². The molecule has 0 spiro atoms. The molecule has 1 fully saturated rings. The zero-order valence-corrected chi connectivity index (χ0v) is 16.7. The Hall–Kier alpha value is -2.26. The second-order valence-electron chi connectivity index (χ2n) is 7.16. The molecule has 1 aromatic carbocycles. The maximum atomic E-state index is 14.0. The number of amides is 1. The minimum Gasteiger partial charge on any atom is -0.336 e. The van der Waals surface area contributed by atoms with E-state index in [1.807, 2.05) is 11.4 Å². The van der Waals surface area contributed by atoms with Gasteiger partial charge in [0.25, 0.3) is 0 Å². The first-order valence-corrected chi connectivity index (χ1v) is 10.9. The van der Waals surface area contributed by atoms with E-state index in [4.69, 9.17) is 5.26 Å². The summed E-state index contributed by atoms with van der Waals surface area (Å²) in [5, 5.41) is 13.2. The fourth-order valence-corrected chi connectivity index (χ4v) is 4.40. The summed E-state index contributed by atoms with van der Waals surface area (Å²) in [6.07, 6.45) is -4.40. The highest BCUT2D eigenvalue weighted by molar-refractivity contribution is 7.91. The number of nitrogens with one attached hydrogen (secondary N) is 2. The van der Waals surface area contributed by atoms with Crippen LogP contribution in [0.15, 0.2) is 18.2 Å². The number of sulfone groups is 1. The number of benzene rings is 1. The van der Waals surface area contributed by atoms with Crippen LogP contribution in [0.4, 0.5) is 22.0 Å². The molecule has 1 aliphatic carbocycles. The minimum absolute atomic E-state index is 0.175. The monoisotopic (exact) mass is 453 g/mol. The normalized spacial score (nSPS) is 17.6. The Labute approximate surface area is 170 Å². The SMILES string of the molecule is CCCS(=O)(=O)C[C@H](N[C@@H](c1ccc(F)cc1F)C(F)(F)F)C(=O)NC1(C#N)CC1. The zero-order valence-electron chi connectivity index (χ0n) is 15.9. The number of alkyl halides is 3. The van der Waals surface area contributed by atoms with Crippen LogP contribution in [-0.4, -0.2) is 43.6 Å². The lowest BCUT2D eigenvalue weighted by atomic mass is 10.0. The van der Waals surface area contributed by atoms with Crippen LogP contribution in [0.25, 0.3) is 0 Å². The first-order valence-electron chi connectivity index (χ1n) is 9.04. The van der Waals surface area contributed by atoms with E-state index in [0.29, 0.717) is 12.1 Å². The van der Waals surface area contributed by atoms with Gasteiger partial charge in [0.2, 0.25) is 5.91 Å². The second-order valence-corrected chi connectivity index (χ2v) is 9.39. The highest BCUT2D eigenvalue weighted by atomic mass is 32.2. The van der Waals surface area contributed by atoms with E-state index in [9.17, 15) is 35.2 Å². The van der Waals surface area contributed by atoms with Crippen LogP contribution in [0.5, 0.6) is 0 Å². The van der Waals surface area contributed by atoms with Crippen molar-refractivity contribution < 1.29 is 35.2 Å². The Kier molecular flexibility index (Phi) is 7.08. The van der Waals surface area contributed by atoms with Crippen LogP contribution >= 0.6 is 0 Å². The van der Waals surface area contributed by atoms with Gasteiger partial charge in [0.15, 0.2) is 9.84 Å². The summed E-state index contributed by atoms with van der Waals surface area (Å²) in [6, 6.07) is -1.41. The fourth-order valence-electron chi connectivity index (χ4n) is 2.86. The van der Waals surface area contributed by atoms with Gasteiger partial charge in [0.1, 0.15) is 29.3 Å². The Balaban J connectivity index is 2.39. The fraction of sp³-hybridized carbons (Fsp3) is 0.556. The van der Waals surface area contributed by atoms with Gasteiger partial charge in [-0.25, -0.2) is 17.2 Å². The molecule has 2 atom stereocenters. The number of hydrogen-bond donors (Lipinski definition) is 2. The number of halogens is 5. The molecule has 1 saturated carbocycles. The van der Waals surface area contributed by atoms with Gasteiger partial charge in [-0.1, -0.05) is 13.0 Å². The zero-order chi connectivity index (χ0) is 22.7. The standard InChI is InChI=1S/C18H20F5N3O3S/c1-2-7-30(28,29)9-14(16(27)26-17(10-24)5-6-17)25-15(18(21,22)23)12-4-3-11(19)8-13(12)20/h3-4,8,14-15,25H,2,5-7,9H2,1H3,(H,26,27)/t14-,15-/m0/s1. The van der Waals surface area contributed by atoms with E-state index in [1.165, 1.54) is 0 Å². The smallest absolute Gasteiger partial charge is 0.336 e. The maximum absolute atomic E-state index is 14.0. The highest BCUT2D eigenvalue weighted by Gasteiger charge is 2.48. The molecular weight excluding hydrogens is 433 g/mol.